The average Bonchev–Trinajstić information content (AvgIpc) is 2.77. The summed E-state index contributed by atoms with van der Waals surface area (Å²) in [7, 11) is 0. The molecule has 31 heavy (non-hydrogen) atoms. The highest BCUT2D eigenvalue weighted by Crippen LogP contribution is 2.31. The van der Waals surface area contributed by atoms with E-state index in [0.717, 1.165) is 10.5 Å². The van der Waals surface area contributed by atoms with Crippen molar-refractivity contribution in [3.8, 4) is 0 Å². The molecule has 3 rings (SSSR count). The van der Waals surface area contributed by atoms with E-state index in [1.807, 2.05) is 13.8 Å². The van der Waals surface area contributed by atoms with Crippen LogP contribution in [-0.2, 0) is 0 Å². The smallest absolute Gasteiger partial charge is 0.258 e. The van der Waals surface area contributed by atoms with Gasteiger partial charge in [-0.25, -0.2) is 4.98 Å². The van der Waals surface area contributed by atoms with Gasteiger partial charge in [0.25, 0.3) is 11.8 Å². The lowest BCUT2D eigenvalue weighted by atomic mass is 10.1. The third-order valence-corrected chi connectivity index (χ3v) is 6.19. The Bertz CT molecular complexity index is 1080. The van der Waals surface area contributed by atoms with E-state index in [2.05, 4.69) is 42.3 Å². The van der Waals surface area contributed by atoms with Crippen LogP contribution in [0.15, 0.2) is 70.7 Å². The molecule has 0 aliphatic rings. The molecular formula is C25H27N3O2S. The molecule has 0 bridgehead atoms. The van der Waals surface area contributed by atoms with Crippen LogP contribution >= 0.6 is 11.8 Å². The molecule has 0 saturated carbocycles. The monoisotopic (exact) mass is 433 g/mol. The van der Waals surface area contributed by atoms with Gasteiger partial charge in [-0.2, -0.15) is 0 Å². The van der Waals surface area contributed by atoms with Gasteiger partial charge in [-0.05, 0) is 75.7 Å². The molecule has 5 nitrogen and oxygen atoms in total. The summed E-state index contributed by atoms with van der Waals surface area (Å²) in [5.74, 6) is -0.245. The van der Waals surface area contributed by atoms with Crippen LogP contribution in [0.2, 0.25) is 0 Å². The summed E-state index contributed by atoms with van der Waals surface area (Å²) in [6.45, 7) is 9.35. The first-order valence-electron chi connectivity index (χ1n) is 10.3. The molecule has 160 valence electrons. The van der Waals surface area contributed by atoms with Crippen LogP contribution in [0.1, 0.15) is 45.7 Å². The third-order valence-electron chi connectivity index (χ3n) is 4.99. The zero-order chi connectivity index (χ0) is 22.4. The number of pyridine rings is 1. The number of carbonyl (C=O) groups excluding carboxylic acids is 2. The molecule has 0 saturated heterocycles. The lowest BCUT2D eigenvalue weighted by Gasteiger charge is -2.18. The van der Waals surface area contributed by atoms with Gasteiger partial charge in [-0.15, -0.1) is 0 Å². The van der Waals surface area contributed by atoms with E-state index >= 15 is 0 Å². The van der Waals surface area contributed by atoms with Crippen LogP contribution in [-0.4, -0.2) is 34.8 Å². The summed E-state index contributed by atoms with van der Waals surface area (Å²) in [5, 5.41) is 3.57. The summed E-state index contributed by atoms with van der Waals surface area (Å²) in [4.78, 5) is 32.7. The standard InChI is InChI=1S/C25H27N3O2S/c1-5-28(6-2)25(30)19-10-12-20(13-11-19)27-23(29)21-8-7-15-26-24(21)31-22-14-9-17(3)16-18(22)4/h7-16H,5-6H2,1-4H3,(H,27,29). The number of rotatable bonds is 7. The number of aryl methyl sites for hydroxylation is 2. The van der Waals surface area contributed by atoms with E-state index in [1.165, 1.54) is 17.3 Å². The Morgan fingerprint density at radius 2 is 1.71 bits per heavy atom. The van der Waals surface area contributed by atoms with Gasteiger partial charge in [0.15, 0.2) is 0 Å². The highest BCUT2D eigenvalue weighted by molar-refractivity contribution is 7.99. The van der Waals surface area contributed by atoms with Crippen molar-refractivity contribution in [2.75, 3.05) is 18.4 Å². The molecule has 0 spiro atoms. The Morgan fingerprint density at radius 1 is 1.00 bits per heavy atom. The van der Waals surface area contributed by atoms with Crippen molar-refractivity contribution < 1.29 is 9.59 Å². The number of nitrogens with one attached hydrogen (secondary N) is 1. The summed E-state index contributed by atoms with van der Waals surface area (Å²) in [5.41, 5.74) is 4.09. The second-order valence-electron chi connectivity index (χ2n) is 7.24. The number of hydrogen-bond donors (Lipinski definition) is 1. The predicted molar refractivity (Wildman–Crippen MR) is 126 cm³/mol. The summed E-state index contributed by atoms with van der Waals surface area (Å²) < 4.78 is 0. The molecule has 0 aliphatic heterocycles. The molecule has 1 heterocycles. The Balaban J connectivity index is 1.76. The number of amides is 2. The number of hydrogen-bond acceptors (Lipinski definition) is 4. The molecule has 1 aromatic heterocycles. The molecule has 0 aliphatic carbocycles. The topological polar surface area (TPSA) is 62.3 Å². The van der Waals surface area contributed by atoms with Crippen molar-refractivity contribution >= 4 is 29.3 Å². The molecule has 2 aromatic carbocycles. The lowest BCUT2D eigenvalue weighted by molar-refractivity contribution is 0.0773. The summed E-state index contributed by atoms with van der Waals surface area (Å²) in [6.07, 6.45) is 1.69. The van der Waals surface area contributed by atoms with Crippen molar-refractivity contribution in [1.82, 2.24) is 9.88 Å². The second kappa shape index (κ2) is 10.3. The van der Waals surface area contributed by atoms with Crippen LogP contribution in [0.25, 0.3) is 0 Å². The minimum atomic E-state index is -0.233. The lowest BCUT2D eigenvalue weighted by Crippen LogP contribution is -2.30. The van der Waals surface area contributed by atoms with Gasteiger partial charge < -0.3 is 10.2 Å². The molecule has 1 N–H and O–H groups in total. The highest BCUT2D eigenvalue weighted by atomic mass is 32.2. The number of carbonyl (C=O) groups is 2. The fourth-order valence-corrected chi connectivity index (χ4v) is 4.20. The zero-order valence-corrected chi connectivity index (χ0v) is 19.1. The molecule has 0 atom stereocenters. The molecule has 3 aromatic rings. The van der Waals surface area contributed by atoms with Gasteiger partial charge in [-0.1, -0.05) is 29.5 Å². The second-order valence-corrected chi connectivity index (χ2v) is 8.27. The molecule has 2 amide bonds. The largest absolute Gasteiger partial charge is 0.339 e. The van der Waals surface area contributed by atoms with Crippen molar-refractivity contribution in [1.29, 1.82) is 0 Å². The van der Waals surface area contributed by atoms with Gasteiger partial charge >= 0.3 is 0 Å². The minimum Gasteiger partial charge on any atom is -0.339 e. The maximum Gasteiger partial charge on any atom is 0.258 e. The van der Waals surface area contributed by atoms with Crippen LogP contribution < -0.4 is 5.32 Å². The predicted octanol–water partition coefficient (Wildman–Crippen LogP) is 5.58. The fourth-order valence-electron chi connectivity index (χ4n) is 3.25. The van der Waals surface area contributed by atoms with Crippen LogP contribution in [0.5, 0.6) is 0 Å². The molecule has 6 heteroatoms. The maximum absolute atomic E-state index is 12.9. The van der Waals surface area contributed by atoms with Crippen molar-refractivity contribution in [2.45, 2.75) is 37.6 Å². The van der Waals surface area contributed by atoms with Crippen LogP contribution in [0.3, 0.4) is 0 Å². The SMILES string of the molecule is CCN(CC)C(=O)c1ccc(NC(=O)c2cccnc2Sc2ccc(C)cc2C)cc1. The van der Waals surface area contributed by atoms with Crippen molar-refractivity contribution in [2.24, 2.45) is 0 Å². The van der Waals surface area contributed by atoms with Gasteiger partial charge in [0, 0.05) is 35.4 Å². The average molecular weight is 434 g/mol. The third kappa shape index (κ3) is 5.52. The van der Waals surface area contributed by atoms with E-state index in [-0.39, 0.29) is 11.8 Å². The van der Waals surface area contributed by atoms with Crippen molar-refractivity contribution in [3.63, 3.8) is 0 Å². The van der Waals surface area contributed by atoms with Crippen molar-refractivity contribution in [3.05, 3.63) is 83.0 Å². The molecule has 0 unspecified atom stereocenters. The van der Waals surface area contributed by atoms with Gasteiger partial charge in [-0.3, -0.25) is 9.59 Å². The van der Waals surface area contributed by atoms with Gasteiger partial charge in [0.2, 0.25) is 0 Å². The van der Waals surface area contributed by atoms with E-state index in [0.29, 0.717) is 34.9 Å². The normalized spacial score (nSPS) is 10.6. The minimum absolute atomic E-state index is 0.0118. The Hall–Kier alpha value is -3.12. The van der Waals surface area contributed by atoms with E-state index in [9.17, 15) is 9.59 Å². The quantitative estimate of drug-likeness (QED) is 0.528. The number of benzene rings is 2. The van der Waals surface area contributed by atoms with Gasteiger partial charge in [0.1, 0.15) is 5.03 Å². The van der Waals surface area contributed by atoms with E-state index in [4.69, 9.17) is 0 Å². The van der Waals surface area contributed by atoms with Crippen LogP contribution in [0.4, 0.5) is 5.69 Å². The Labute approximate surface area is 187 Å². The highest BCUT2D eigenvalue weighted by Gasteiger charge is 2.16. The van der Waals surface area contributed by atoms with E-state index < -0.39 is 0 Å². The first-order chi connectivity index (χ1) is 14.9. The molecular weight excluding hydrogens is 406 g/mol. The Morgan fingerprint density at radius 3 is 2.35 bits per heavy atom. The van der Waals surface area contributed by atoms with Gasteiger partial charge in [0.05, 0.1) is 5.56 Å². The fraction of sp³-hybridized carbons (Fsp3) is 0.240. The maximum atomic E-state index is 12.9. The van der Waals surface area contributed by atoms with Crippen LogP contribution in [0, 0.1) is 13.8 Å². The summed E-state index contributed by atoms with van der Waals surface area (Å²) >= 11 is 1.48. The van der Waals surface area contributed by atoms with E-state index in [1.54, 1.807) is 47.5 Å². The molecule has 0 fully saturated rings. The molecule has 0 radical (unpaired) electrons. The number of aromatic nitrogens is 1. The first-order valence-corrected chi connectivity index (χ1v) is 11.1. The number of nitrogens with zero attached hydrogens (tertiary/aromatic N) is 2. The summed E-state index contributed by atoms with van der Waals surface area (Å²) in [6, 6.07) is 16.7. The zero-order valence-electron chi connectivity index (χ0n) is 18.3. The number of anilines is 1. The Kier molecular flexibility index (Phi) is 7.47. The first kappa shape index (κ1) is 22.6.